The van der Waals surface area contributed by atoms with Crippen molar-refractivity contribution >= 4 is 17.9 Å². The molecule has 65 heavy (non-hydrogen) atoms. The number of rotatable bonds is 48. The molecule has 3 aliphatic heterocycles. The highest BCUT2D eigenvalue weighted by Gasteiger charge is 2.47. The van der Waals surface area contributed by atoms with Crippen molar-refractivity contribution in [2.75, 3.05) is 13.2 Å². The van der Waals surface area contributed by atoms with Crippen LogP contribution in [0.5, 0.6) is 0 Å². The van der Waals surface area contributed by atoms with E-state index >= 15 is 0 Å². The van der Waals surface area contributed by atoms with Crippen LogP contribution in [0.25, 0.3) is 0 Å². The molecule has 0 aromatic heterocycles. The molecule has 8 unspecified atom stereocenters. The average Bonchev–Trinajstić information content (AvgIpc) is 4.25. The minimum Gasteiger partial charge on any atom is -0.462 e. The summed E-state index contributed by atoms with van der Waals surface area (Å²) in [6.07, 6.45) is 42.8. The molecule has 380 valence electrons. The molecule has 1 N–H and O–H groups in total. The summed E-state index contributed by atoms with van der Waals surface area (Å²) in [4.78, 5) is 38.2. The van der Waals surface area contributed by atoms with Gasteiger partial charge in [-0.1, -0.05) is 188 Å². The van der Waals surface area contributed by atoms with Gasteiger partial charge in [0, 0.05) is 25.7 Å². The third kappa shape index (κ3) is 31.8. The molecular formula is C55H100O10. The van der Waals surface area contributed by atoms with E-state index in [1.807, 2.05) is 0 Å². The first-order chi connectivity index (χ1) is 31.8. The molecule has 3 aliphatic rings. The number of aliphatic hydroxyl groups excluding tert-OH is 1. The third-order valence-corrected chi connectivity index (χ3v) is 13.9. The Hall–Kier alpha value is -1.75. The lowest BCUT2D eigenvalue weighted by molar-refractivity contribution is -0.167. The Bertz CT molecular complexity index is 1180. The lowest BCUT2D eigenvalue weighted by Crippen LogP contribution is -2.30. The molecule has 10 nitrogen and oxygen atoms in total. The lowest BCUT2D eigenvalue weighted by atomic mass is 10.0. The van der Waals surface area contributed by atoms with Crippen LogP contribution in [0.2, 0.25) is 0 Å². The van der Waals surface area contributed by atoms with Crippen LogP contribution in [0.3, 0.4) is 0 Å². The first-order valence-corrected chi connectivity index (χ1v) is 28.0. The summed E-state index contributed by atoms with van der Waals surface area (Å²) in [6.45, 7) is 6.48. The molecule has 0 bridgehead atoms. The molecule has 8 atom stereocenters. The third-order valence-electron chi connectivity index (χ3n) is 13.9. The SMILES string of the molecule is CCCCCCCCCCCCCCCC(=O)OC(COC(=O)CCCCCCCC1OC1CCC(O)CCCCC)COC(=O)CCCCCCCC1OC1CC1OC1CCCCC. The quantitative estimate of drug-likeness (QED) is 0.0272. The van der Waals surface area contributed by atoms with Crippen LogP contribution < -0.4 is 0 Å². The van der Waals surface area contributed by atoms with Gasteiger partial charge in [0.1, 0.15) is 13.2 Å². The second-order valence-electron chi connectivity index (χ2n) is 20.2. The predicted octanol–water partition coefficient (Wildman–Crippen LogP) is 13.9. The summed E-state index contributed by atoms with van der Waals surface area (Å²) in [5, 5.41) is 10.2. The maximum Gasteiger partial charge on any atom is 0.306 e. The zero-order valence-corrected chi connectivity index (χ0v) is 42.2. The average molecular weight is 921 g/mol. The Labute approximate surface area is 397 Å². The molecule has 3 fully saturated rings. The number of hydrogen-bond donors (Lipinski definition) is 1. The van der Waals surface area contributed by atoms with Crippen molar-refractivity contribution in [1.82, 2.24) is 0 Å². The van der Waals surface area contributed by atoms with Crippen LogP contribution in [-0.4, -0.2) is 85.1 Å². The second-order valence-corrected chi connectivity index (χ2v) is 20.2. The van der Waals surface area contributed by atoms with Gasteiger partial charge in [0.05, 0.1) is 42.7 Å². The lowest BCUT2D eigenvalue weighted by Gasteiger charge is -2.18. The van der Waals surface area contributed by atoms with Gasteiger partial charge in [0.15, 0.2) is 6.10 Å². The summed E-state index contributed by atoms with van der Waals surface area (Å²) in [7, 11) is 0. The minimum atomic E-state index is -0.804. The van der Waals surface area contributed by atoms with E-state index in [1.165, 1.54) is 103 Å². The van der Waals surface area contributed by atoms with Crippen molar-refractivity contribution < 1.29 is 47.9 Å². The summed E-state index contributed by atoms with van der Waals surface area (Å²) in [6, 6.07) is 0. The molecule has 0 saturated carbocycles. The number of carbonyl (C=O) groups excluding carboxylic acids is 3. The van der Waals surface area contributed by atoms with E-state index in [1.54, 1.807) is 0 Å². The Morgan fingerprint density at radius 1 is 0.400 bits per heavy atom. The maximum absolute atomic E-state index is 12.8. The number of esters is 3. The summed E-state index contributed by atoms with van der Waals surface area (Å²) >= 11 is 0. The summed E-state index contributed by atoms with van der Waals surface area (Å²) in [5.74, 6) is -0.950. The normalized spacial score (nSPS) is 21.8. The second kappa shape index (κ2) is 38.1. The van der Waals surface area contributed by atoms with Crippen molar-refractivity contribution in [2.45, 2.75) is 320 Å². The Morgan fingerprint density at radius 3 is 1.22 bits per heavy atom. The summed E-state index contributed by atoms with van der Waals surface area (Å²) in [5.41, 5.74) is 0. The van der Waals surface area contributed by atoms with Gasteiger partial charge >= 0.3 is 17.9 Å². The van der Waals surface area contributed by atoms with Crippen molar-refractivity contribution in [3.63, 3.8) is 0 Å². The predicted molar refractivity (Wildman–Crippen MR) is 261 cm³/mol. The zero-order valence-electron chi connectivity index (χ0n) is 42.2. The molecule has 0 aromatic carbocycles. The van der Waals surface area contributed by atoms with Gasteiger partial charge in [-0.2, -0.15) is 0 Å². The van der Waals surface area contributed by atoms with Gasteiger partial charge in [-0.15, -0.1) is 0 Å². The van der Waals surface area contributed by atoms with E-state index in [0.29, 0.717) is 55.9 Å². The van der Waals surface area contributed by atoms with Crippen LogP contribution in [0.4, 0.5) is 0 Å². The van der Waals surface area contributed by atoms with Crippen molar-refractivity contribution in [2.24, 2.45) is 0 Å². The highest BCUT2D eigenvalue weighted by molar-refractivity contribution is 5.71. The van der Waals surface area contributed by atoms with Crippen molar-refractivity contribution in [3.8, 4) is 0 Å². The highest BCUT2D eigenvalue weighted by atomic mass is 16.6. The van der Waals surface area contributed by atoms with E-state index in [-0.39, 0.29) is 37.2 Å². The Morgan fingerprint density at radius 2 is 0.738 bits per heavy atom. The fourth-order valence-corrected chi connectivity index (χ4v) is 9.38. The van der Waals surface area contributed by atoms with E-state index in [4.69, 9.17) is 28.4 Å². The largest absolute Gasteiger partial charge is 0.462 e. The van der Waals surface area contributed by atoms with Gasteiger partial charge in [0.2, 0.25) is 0 Å². The van der Waals surface area contributed by atoms with E-state index in [9.17, 15) is 19.5 Å². The number of hydrogen-bond acceptors (Lipinski definition) is 10. The molecule has 3 rings (SSSR count). The molecule has 0 aliphatic carbocycles. The van der Waals surface area contributed by atoms with Gasteiger partial charge in [0.25, 0.3) is 0 Å². The van der Waals surface area contributed by atoms with Gasteiger partial charge in [-0.3, -0.25) is 14.4 Å². The standard InChI is InChI=1S/C55H100O10/c1-4-7-10-11-12-13-14-15-16-17-18-23-32-39-55(59)62-46(43-60-53(57)37-30-24-19-21-28-35-47-50(63-47)41-40-45(56)33-26-8-5-2)44-61-54(58)38-31-25-20-22-29-36-49-52(65-49)42-51-48(64-51)34-27-9-6-3/h45-52,56H,4-44H2,1-3H3. The first-order valence-electron chi connectivity index (χ1n) is 28.0. The molecule has 0 spiro atoms. The number of ether oxygens (including phenoxy) is 6. The molecule has 10 heteroatoms. The smallest absolute Gasteiger partial charge is 0.306 e. The fraction of sp³-hybridized carbons (Fsp3) is 0.945. The minimum absolute atomic E-state index is 0.102. The zero-order chi connectivity index (χ0) is 46.6. The molecular weight excluding hydrogens is 821 g/mol. The van der Waals surface area contributed by atoms with Crippen LogP contribution in [-0.2, 0) is 42.8 Å². The van der Waals surface area contributed by atoms with E-state index in [2.05, 4.69) is 20.8 Å². The van der Waals surface area contributed by atoms with Crippen molar-refractivity contribution in [1.29, 1.82) is 0 Å². The van der Waals surface area contributed by atoms with Crippen LogP contribution in [0.1, 0.15) is 271 Å². The van der Waals surface area contributed by atoms with Crippen molar-refractivity contribution in [3.05, 3.63) is 0 Å². The van der Waals surface area contributed by atoms with Crippen LogP contribution in [0, 0.1) is 0 Å². The van der Waals surface area contributed by atoms with Gasteiger partial charge < -0.3 is 33.5 Å². The first kappa shape index (κ1) is 57.6. The monoisotopic (exact) mass is 921 g/mol. The molecule has 0 amide bonds. The molecule has 3 heterocycles. The van der Waals surface area contributed by atoms with E-state index < -0.39 is 6.10 Å². The Kier molecular flexibility index (Phi) is 33.8. The number of epoxide rings is 3. The molecule has 0 aromatic rings. The highest BCUT2D eigenvalue weighted by Crippen LogP contribution is 2.39. The van der Waals surface area contributed by atoms with E-state index in [0.717, 1.165) is 128 Å². The van der Waals surface area contributed by atoms with Crippen LogP contribution in [0.15, 0.2) is 0 Å². The molecule has 0 radical (unpaired) electrons. The molecule has 3 saturated heterocycles. The number of carbonyl (C=O) groups is 3. The van der Waals surface area contributed by atoms with Gasteiger partial charge in [-0.25, -0.2) is 0 Å². The Balaban J connectivity index is 1.22. The van der Waals surface area contributed by atoms with Crippen LogP contribution >= 0.6 is 0 Å². The summed E-state index contributed by atoms with van der Waals surface area (Å²) < 4.78 is 34.4. The number of unbranched alkanes of at least 4 members (excludes halogenated alkanes) is 24. The topological polar surface area (TPSA) is 137 Å². The maximum atomic E-state index is 12.8. The number of aliphatic hydroxyl groups is 1. The van der Waals surface area contributed by atoms with Gasteiger partial charge in [-0.05, 0) is 57.8 Å². The fourth-order valence-electron chi connectivity index (χ4n) is 9.38.